The van der Waals surface area contributed by atoms with Crippen LogP contribution in [-0.2, 0) is 16.2 Å². The molecule has 0 fully saturated rings. The molecule has 6 aliphatic rings. The van der Waals surface area contributed by atoms with Gasteiger partial charge in [-0.05, 0) is 191 Å². The minimum atomic E-state index is -0.405. The van der Waals surface area contributed by atoms with Crippen molar-refractivity contribution in [2.45, 2.75) is 16.2 Å². The molecule has 3 aromatic heterocycles. The van der Waals surface area contributed by atoms with E-state index in [-0.39, 0.29) is 10.8 Å². The Labute approximate surface area is 852 Å². The van der Waals surface area contributed by atoms with E-state index in [9.17, 15) is 0 Å². The van der Waals surface area contributed by atoms with Gasteiger partial charge in [0, 0.05) is 50.1 Å². The van der Waals surface area contributed by atoms with Gasteiger partial charge < -0.3 is 0 Å². The molecule has 6 aliphatic carbocycles. The van der Waals surface area contributed by atoms with Gasteiger partial charge in [0.2, 0.25) is 0 Å². The molecule has 0 radical (unpaired) electrons. The third kappa shape index (κ3) is 13.8. The van der Waals surface area contributed by atoms with E-state index in [0.717, 1.165) is 77.9 Å². The van der Waals surface area contributed by atoms with Gasteiger partial charge in [-0.25, -0.2) is 44.9 Å². The Kier molecular flexibility index (Phi) is 20.4. The Hall–Kier alpha value is -19.4. The Morgan fingerprint density at radius 3 is 0.524 bits per heavy atom. The number of rotatable bonds is 12. The van der Waals surface area contributed by atoms with Crippen LogP contribution in [0.25, 0.3) is 203 Å². The van der Waals surface area contributed by atoms with Crippen LogP contribution in [0.3, 0.4) is 0 Å². The Morgan fingerprint density at radius 2 is 0.252 bits per heavy atom. The van der Waals surface area contributed by atoms with Crippen LogP contribution in [-0.4, -0.2) is 44.9 Å². The van der Waals surface area contributed by atoms with Gasteiger partial charge in [0.05, 0.1) is 16.2 Å². The molecule has 0 unspecified atom stereocenters. The first kappa shape index (κ1) is 85.6. The first-order chi connectivity index (χ1) is 72.9. The topological polar surface area (TPSA) is 116 Å². The highest BCUT2D eigenvalue weighted by atomic mass is 15.1. The second-order valence-electron chi connectivity index (χ2n) is 38.3. The fraction of sp³-hybridized carbons (Fsp3) is 0.0217. The lowest BCUT2D eigenvalue weighted by Gasteiger charge is -2.30. The molecule has 0 atom stereocenters. The lowest BCUT2D eigenvalue weighted by molar-refractivity contribution is 0.794. The summed E-state index contributed by atoms with van der Waals surface area (Å²) in [5.41, 5.74) is 46.0. The van der Waals surface area contributed by atoms with E-state index in [4.69, 9.17) is 44.9 Å². The van der Waals surface area contributed by atoms with Gasteiger partial charge in [-0.15, -0.1) is 0 Å². The average molecular weight is 1870 g/mol. The van der Waals surface area contributed by atoms with Crippen molar-refractivity contribution in [1.82, 2.24) is 44.9 Å². The number of hydrogen-bond donors (Lipinski definition) is 0. The molecule has 0 amide bonds. The molecule has 684 valence electrons. The summed E-state index contributed by atoms with van der Waals surface area (Å²) in [4.78, 5) is 44.8. The van der Waals surface area contributed by atoms with E-state index in [0.29, 0.717) is 52.4 Å². The minimum absolute atomic E-state index is 0.360. The molecule has 0 N–H and O–H groups in total. The lowest BCUT2D eigenvalue weighted by atomic mass is 9.70. The minimum Gasteiger partial charge on any atom is -0.208 e. The van der Waals surface area contributed by atoms with Crippen molar-refractivity contribution in [3.8, 4) is 203 Å². The van der Waals surface area contributed by atoms with Crippen molar-refractivity contribution in [1.29, 1.82) is 0 Å². The SMILES string of the molecule is c1ccc(-c2nc(-c3ccccc3)nc(-c3ccc(-c4ccc5c(c4)C4(c6ccccc6-c6ccccc64)c4ccccc4-5)cc3)n2)cc1.c1ccc(-c2nc(-c3ccccc3)nc(-c3cccc(-c4ccc5c(c4)C4(c6ccccc6-c6ccccc64)c4ccccc4-5)c3)n2)cc1.c1ccc(-c2nc(-c3ccccc3)nc(-c3ccccc3-c3ccc4c(c3)C3(c5ccccc5-c5ccccc53)c3ccccc3-4)n2)cc1. The molecule has 3 spiro atoms. The first-order valence-electron chi connectivity index (χ1n) is 50.1. The monoisotopic (exact) mass is 1870 g/mol. The normalized spacial score (nSPS) is 13.1. The highest BCUT2D eigenvalue weighted by Gasteiger charge is 2.55. The van der Waals surface area contributed by atoms with Crippen LogP contribution in [0.15, 0.2) is 528 Å². The molecule has 24 aromatic rings. The van der Waals surface area contributed by atoms with Gasteiger partial charge >= 0.3 is 0 Å². The molecule has 0 saturated carbocycles. The first-order valence-corrected chi connectivity index (χ1v) is 50.1. The van der Waals surface area contributed by atoms with Gasteiger partial charge in [-0.2, -0.15) is 0 Å². The third-order valence-electron chi connectivity index (χ3n) is 30.5. The number of benzene rings is 21. The Balaban J connectivity index is 0.000000107. The van der Waals surface area contributed by atoms with Crippen molar-refractivity contribution < 1.29 is 0 Å². The fourth-order valence-corrected chi connectivity index (χ4v) is 24.2. The van der Waals surface area contributed by atoms with E-state index in [1.54, 1.807) is 0 Å². The van der Waals surface area contributed by atoms with E-state index in [2.05, 4.69) is 370 Å². The zero-order chi connectivity index (χ0) is 97.1. The predicted molar refractivity (Wildman–Crippen MR) is 594 cm³/mol. The average Bonchev–Trinajstić information content (AvgIpc) is 1.52. The summed E-state index contributed by atoms with van der Waals surface area (Å²) in [6, 6.07) is 188. The Bertz CT molecular complexity index is 8990. The second kappa shape index (κ2) is 35.1. The largest absolute Gasteiger partial charge is 0.208 e. The molecule has 30 rings (SSSR count). The summed E-state index contributed by atoms with van der Waals surface area (Å²) in [7, 11) is 0. The highest BCUT2D eigenvalue weighted by molar-refractivity contribution is 6.01. The van der Waals surface area contributed by atoms with Crippen LogP contribution in [0.5, 0.6) is 0 Å². The maximum atomic E-state index is 5.10. The fourth-order valence-electron chi connectivity index (χ4n) is 24.2. The van der Waals surface area contributed by atoms with Gasteiger partial charge in [0.25, 0.3) is 0 Å². The zero-order valence-electron chi connectivity index (χ0n) is 79.8. The van der Waals surface area contributed by atoms with E-state index in [1.165, 1.54) is 139 Å². The van der Waals surface area contributed by atoms with E-state index >= 15 is 0 Å². The molecule has 0 saturated heterocycles. The molecule has 9 heteroatoms. The molecule has 21 aromatic carbocycles. The number of nitrogens with zero attached hydrogens (tertiary/aromatic N) is 9. The molecule has 0 bridgehead atoms. The molecular weight excluding hydrogens is 1780 g/mol. The summed E-state index contributed by atoms with van der Waals surface area (Å²) in [6.45, 7) is 0. The summed E-state index contributed by atoms with van der Waals surface area (Å²) in [5.74, 6) is 5.90. The van der Waals surface area contributed by atoms with Crippen molar-refractivity contribution in [2.24, 2.45) is 0 Å². The van der Waals surface area contributed by atoms with Crippen molar-refractivity contribution in [2.75, 3.05) is 0 Å². The van der Waals surface area contributed by atoms with Crippen LogP contribution in [0.1, 0.15) is 66.8 Å². The molecule has 147 heavy (non-hydrogen) atoms. The smallest absolute Gasteiger partial charge is 0.164 e. The van der Waals surface area contributed by atoms with Crippen molar-refractivity contribution in [3.63, 3.8) is 0 Å². The number of fused-ring (bicyclic) bond motifs is 30. The maximum absolute atomic E-state index is 5.10. The third-order valence-corrected chi connectivity index (χ3v) is 30.5. The van der Waals surface area contributed by atoms with Crippen molar-refractivity contribution in [3.05, 3.63) is 595 Å². The molecule has 0 aliphatic heterocycles. The standard InChI is InChI=1S/3C46H29N3/c1-3-14-30(15-4-1)43-47-44(31-16-5-2-6-17-31)49-45(48-43)34-19-13-18-32(28-34)33-26-27-38-37-22-9-12-25-41(37)46(42(38)29-33)39-23-10-7-20-35(39)36-21-8-11-24-40(36)46;1-3-13-31(14-4-1)43-47-44(32-15-5-2-6-16-32)49-45(48-43)33-25-23-30(24-26-33)34-27-28-38-37-19-9-12-22-41(37)46(42(38)29-34)39-20-10-7-17-35(39)36-18-8-11-21-40(36)46;1-3-15-30(16-4-1)43-47-44(31-17-5-2-6-18-31)49-45(48-43)38-23-8-7-19-33(38)32-27-28-37-36-22-11-14-26-41(36)46(42(37)29-32)39-24-12-9-20-34(39)35-21-10-13-25-40(35)46/h3*1-29H. The van der Waals surface area contributed by atoms with Crippen LogP contribution in [0.2, 0.25) is 0 Å². The predicted octanol–water partition coefficient (Wildman–Crippen LogP) is 32.6. The van der Waals surface area contributed by atoms with E-state index < -0.39 is 5.41 Å². The highest BCUT2D eigenvalue weighted by Crippen LogP contribution is 2.67. The summed E-state index contributed by atoms with van der Waals surface area (Å²) < 4.78 is 0. The van der Waals surface area contributed by atoms with Gasteiger partial charge in [-0.3, -0.25) is 0 Å². The molecular formula is C138H87N9. The maximum Gasteiger partial charge on any atom is 0.164 e. The Morgan fingerprint density at radius 1 is 0.0884 bits per heavy atom. The lowest BCUT2D eigenvalue weighted by Crippen LogP contribution is -2.25. The van der Waals surface area contributed by atoms with Crippen LogP contribution in [0, 0.1) is 0 Å². The number of hydrogen-bond acceptors (Lipinski definition) is 9. The molecule has 3 heterocycles. The van der Waals surface area contributed by atoms with Crippen LogP contribution < -0.4 is 0 Å². The quantitative estimate of drug-likeness (QED) is 0.118. The number of aromatic nitrogens is 9. The second-order valence-corrected chi connectivity index (χ2v) is 38.3. The summed E-state index contributed by atoms with van der Waals surface area (Å²) in [5, 5.41) is 0. The van der Waals surface area contributed by atoms with Gasteiger partial charge in [-0.1, -0.05) is 504 Å². The van der Waals surface area contributed by atoms with Gasteiger partial charge in [0.15, 0.2) is 52.4 Å². The summed E-state index contributed by atoms with van der Waals surface area (Å²) >= 11 is 0. The van der Waals surface area contributed by atoms with E-state index in [1.807, 2.05) is 158 Å². The van der Waals surface area contributed by atoms with Crippen molar-refractivity contribution >= 4 is 0 Å². The van der Waals surface area contributed by atoms with Crippen LogP contribution in [0.4, 0.5) is 0 Å². The van der Waals surface area contributed by atoms with Crippen LogP contribution >= 0.6 is 0 Å². The zero-order valence-corrected chi connectivity index (χ0v) is 79.8. The summed E-state index contributed by atoms with van der Waals surface area (Å²) in [6.07, 6.45) is 0. The molecule has 9 nitrogen and oxygen atoms in total. The van der Waals surface area contributed by atoms with Gasteiger partial charge in [0.1, 0.15) is 0 Å².